The van der Waals surface area contributed by atoms with E-state index in [1.807, 2.05) is 30.3 Å². The van der Waals surface area contributed by atoms with Crippen LogP contribution in [-0.4, -0.2) is 29.2 Å². The van der Waals surface area contributed by atoms with Gasteiger partial charge in [-0.2, -0.15) is 0 Å². The molecule has 0 aliphatic heterocycles. The van der Waals surface area contributed by atoms with E-state index in [0.29, 0.717) is 6.42 Å². The van der Waals surface area contributed by atoms with E-state index in [2.05, 4.69) is 5.32 Å². The van der Waals surface area contributed by atoms with E-state index in [4.69, 9.17) is 16.6 Å². The van der Waals surface area contributed by atoms with Crippen molar-refractivity contribution in [2.24, 2.45) is 11.5 Å². The number of carboxylic acid groups (broad SMARTS) is 1. The maximum absolute atomic E-state index is 11.1. The van der Waals surface area contributed by atoms with Gasteiger partial charge in [0.15, 0.2) is 0 Å². The van der Waals surface area contributed by atoms with Crippen LogP contribution >= 0.6 is 0 Å². The van der Waals surface area contributed by atoms with Crippen molar-refractivity contribution in [1.29, 1.82) is 0 Å². The van der Waals surface area contributed by atoms with Crippen molar-refractivity contribution in [2.75, 3.05) is 0 Å². The summed E-state index contributed by atoms with van der Waals surface area (Å²) >= 11 is 0. The standard InChI is InChI=1S/C12H17N3O3/c13-9(6-8-4-2-1-3-5-8)7-10(11(14)16)15-12(17)18/h1-5,9-10,15H,6-7,13H2,(H2,14,16)(H,17,18). The molecule has 0 aliphatic rings. The summed E-state index contributed by atoms with van der Waals surface area (Å²) in [5.74, 6) is -0.721. The summed E-state index contributed by atoms with van der Waals surface area (Å²) in [6, 6.07) is 8.23. The Balaban J connectivity index is 2.53. The Morgan fingerprint density at radius 1 is 1.28 bits per heavy atom. The number of carbonyl (C=O) groups is 2. The zero-order valence-corrected chi connectivity index (χ0v) is 9.87. The topological polar surface area (TPSA) is 118 Å². The number of nitrogens with two attached hydrogens (primary N) is 2. The van der Waals surface area contributed by atoms with E-state index in [0.717, 1.165) is 5.56 Å². The Morgan fingerprint density at radius 3 is 2.39 bits per heavy atom. The Morgan fingerprint density at radius 2 is 1.89 bits per heavy atom. The third-order valence-corrected chi connectivity index (χ3v) is 2.52. The van der Waals surface area contributed by atoms with Crippen LogP contribution in [0.4, 0.5) is 4.79 Å². The molecule has 0 spiro atoms. The second-order valence-corrected chi connectivity index (χ2v) is 4.09. The van der Waals surface area contributed by atoms with Crippen LogP contribution < -0.4 is 16.8 Å². The van der Waals surface area contributed by atoms with Gasteiger partial charge in [0, 0.05) is 6.04 Å². The minimum atomic E-state index is -1.29. The van der Waals surface area contributed by atoms with Crippen molar-refractivity contribution in [3.05, 3.63) is 35.9 Å². The first-order chi connectivity index (χ1) is 8.49. The van der Waals surface area contributed by atoms with Gasteiger partial charge >= 0.3 is 6.09 Å². The van der Waals surface area contributed by atoms with Crippen molar-refractivity contribution < 1.29 is 14.7 Å². The molecule has 98 valence electrons. The van der Waals surface area contributed by atoms with Crippen LogP contribution in [0.2, 0.25) is 0 Å². The number of carbonyl (C=O) groups excluding carboxylic acids is 1. The molecule has 1 aromatic carbocycles. The average molecular weight is 251 g/mol. The van der Waals surface area contributed by atoms with Gasteiger partial charge in [-0.3, -0.25) is 4.79 Å². The lowest BCUT2D eigenvalue weighted by Gasteiger charge is -2.18. The van der Waals surface area contributed by atoms with E-state index >= 15 is 0 Å². The number of rotatable bonds is 6. The van der Waals surface area contributed by atoms with Gasteiger partial charge < -0.3 is 21.9 Å². The quantitative estimate of drug-likeness (QED) is 0.572. The molecule has 0 heterocycles. The lowest BCUT2D eigenvalue weighted by atomic mass is 10.00. The van der Waals surface area contributed by atoms with Gasteiger partial charge in [-0.15, -0.1) is 0 Å². The molecule has 2 unspecified atom stereocenters. The Kier molecular flexibility index (Phi) is 5.13. The monoisotopic (exact) mass is 251 g/mol. The highest BCUT2D eigenvalue weighted by atomic mass is 16.4. The number of nitrogens with one attached hydrogen (secondary N) is 1. The number of primary amides is 1. The molecule has 2 amide bonds. The smallest absolute Gasteiger partial charge is 0.405 e. The minimum Gasteiger partial charge on any atom is -0.465 e. The highest BCUT2D eigenvalue weighted by Crippen LogP contribution is 2.06. The SMILES string of the molecule is NC(=O)C(CC(N)Cc1ccccc1)NC(=O)O. The molecule has 6 heteroatoms. The molecule has 0 bridgehead atoms. The van der Waals surface area contributed by atoms with E-state index < -0.39 is 18.0 Å². The fourth-order valence-electron chi connectivity index (χ4n) is 1.70. The van der Waals surface area contributed by atoms with Gasteiger partial charge in [0.05, 0.1) is 0 Å². The maximum Gasteiger partial charge on any atom is 0.405 e. The Labute approximate surface area is 105 Å². The van der Waals surface area contributed by atoms with E-state index in [9.17, 15) is 9.59 Å². The van der Waals surface area contributed by atoms with E-state index in [1.165, 1.54) is 0 Å². The lowest BCUT2D eigenvalue weighted by molar-refractivity contribution is -0.120. The van der Waals surface area contributed by atoms with Gasteiger partial charge in [0.25, 0.3) is 0 Å². The summed E-state index contributed by atoms with van der Waals surface area (Å²) in [7, 11) is 0. The summed E-state index contributed by atoms with van der Waals surface area (Å²) < 4.78 is 0. The second kappa shape index (κ2) is 6.61. The molecule has 1 rings (SSSR count). The Hall–Kier alpha value is -2.08. The summed E-state index contributed by atoms with van der Waals surface area (Å²) in [5.41, 5.74) is 12.0. The van der Waals surface area contributed by atoms with Crippen molar-refractivity contribution in [3.63, 3.8) is 0 Å². The largest absolute Gasteiger partial charge is 0.465 e. The summed E-state index contributed by atoms with van der Waals surface area (Å²) in [4.78, 5) is 21.6. The van der Waals surface area contributed by atoms with Crippen LogP contribution in [0.5, 0.6) is 0 Å². The number of benzene rings is 1. The van der Waals surface area contributed by atoms with Crippen LogP contribution in [0.25, 0.3) is 0 Å². The van der Waals surface area contributed by atoms with Gasteiger partial charge in [-0.1, -0.05) is 30.3 Å². The number of amides is 2. The molecule has 0 aliphatic carbocycles. The third-order valence-electron chi connectivity index (χ3n) is 2.52. The molecule has 0 saturated carbocycles. The molecule has 1 aromatic rings. The van der Waals surface area contributed by atoms with Gasteiger partial charge in [0.1, 0.15) is 6.04 Å². The van der Waals surface area contributed by atoms with E-state index in [-0.39, 0.29) is 12.5 Å². The summed E-state index contributed by atoms with van der Waals surface area (Å²) in [6.07, 6.45) is -0.548. The van der Waals surface area contributed by atoms with Crippen LogP contribution in [-0.2, 0) is 11.2 Å². The molecule has 0 aromatic heterocycles. The summed E-state index contributed by atoms with van der Waals surface area (Å²) in [6.45, 7) is 0. The zero-order chi connectivity index (χ0) is 13.5. The predicted molar refractivity (Wildman–Crippen MR) is 66.9 cm³/mol. The second-order valence-electron chi connectivity index (χ2n) is 4.09. The fourth-order valence-corrected chi connectivity index (χ4v) is 1.70. The number of hydrogen-bond donors (Lipinski definition) is 4. The number of hydrogen-bond acceptors (Lipinski definition) is 3. The minimum absolute atomic E-state index is 0.177. The molecular weight excluding hydrogens is 234 g/mol. The predicted octanol–water partition coefficient (Wildman–Crippen LogP) is 0.0680. The molecule has 18 heavy (non-hydrogen) atoms. The van der Waals surface area contributed by atoms with Crippen molar-refractivity contribution in [2.45, 2.75) is 24.9 Å². The lowest BCUT2D eigenvalue weighted by Crippen LogP contribution is -2.47. The third kappa shape index (κ3) is 4.84. The first-order valence-corrected chi connectivity index (χ1v) is 5.57. The van der Waals surface area contributed by atoms with Gasteiger partial charge in [0.2, 0.25) is 5.91 Å². The van der Waals surface area contributed by atoms with Crippen LogP contribution in [0.3, 0.4) is 0 Å². The van der Waals surface area contributed by atoms with Gasteiger partial charge in [-0.25, -0.2) is 4.79 Å². The molecule has 2 atom stereocenters. The fraction of sp³-hybridized carbons (Fsp3) is 0.333. The molecule has 0 fully saturated rings. The highest BCUT2D eigenvalue weighted by molar-refractivity contribution is 5.83. The van der Waals surface area contributed by atoms with Crippen molar-refractivity contribution in [3.8, 4) is 0 Å². The summed E-state index contributed by atoms with van der Waals surface area (Å²) in [5, 5.41) is 10.6. The molecule has 6 nitrogen and oxygen atoms in total. The Bertz CT molecular complexity index is 408. The first-order valence-electron chi connectivity index (χ1n) is 5.57. The normalized spacial score (nSPS) is 13.6. The van der Waals surface area contributed by atoms with Crippen LogP contribution in [0.15, 0.2) is 30.3 Å². The molecule has 0 radical (unpaired) electrons. The van der Waals surface area contributed by atoms with Crippen LogP contribution in [0, 0.1) is 0 Å². The molecular formula is C12H17N3O3. The van der Waals surface area contributed by atoms with Crippen molar-refractivity contribution >= 4 is 12.0 Å². The molecule has 0 saturated heterocycles. The van der Waals surface area contributed by atoms with Gasteiger partial charge in [-0.05, 0) is 18.4 Å². The highest BCUT2D eigenvalue weighted by Gasteiger charge is 2.20. The van der Waals surface area contributed by atoms with Crippen molar-refractivity contribution in [1.82, 2.24) is 5.32 Å². The first kappa shape index (κ1) is 14.0. The maximum atomic E-state index is 11.1. The molecule has 6 N–H and O–H groups in total. The zero-order valence-electron chi connectivity index (χ0n) is 9.87. The van der Waals surface area contributed by atoms with E-state index in [1.54, 1.807) is 0 Å². The average Bonchev–Trinajstić information content (AvgIpc) is 2.28. The van der Waals surface area contributed by atoms with Crippen LogP contribution in [0.1, 0.15) is 12.0 Å².